The Morgan fingerprint density at radius 1 is 1.71 bits per heavy atom. The van der Waals surface area contributed by atoms with Crippen molar-refractivity contribution in [2.75, 3.05) is 0 Å². The molecule has 3 nitrogen and oxygen atoms in total. The summed E-state index contributed by atoms with van der Waals surface area (Å²) in [4.78, 5) is 11.3. The van der Waals surface area contributed by atoms with E-state index in [1.165, 1.54) is 0 Å². The molecule has 0 spiro atoms. The lowest BCUT2D eigenvalue weighted by molar-refractivity contribution is -0.115. The van der Waals surface area contributed by atoms with Gasteiger partial charge in [-0.2, -0.15) is 5.10 Å². The first-order chi connectivity index (χ1) is 6.79. The number of carbonyl (C=O) groups is 1. The van der Waals surface area contributed by atoms with Gasteiger partial charge >= 0.3 is 0 Å². The van der Waals surface area contributed by atoms with Gasteiger partial charge in [-0.1, -0.05) is 0 Å². The van der Waals surface area contributed by atoms with E-state index in [1.807, 2.05) is 23.9 Å². The van der Waals surface area contributed by atoms with E-state index >= 15 is 0 Å². The maximum atomic E-state index is 11.3. The molecule has 0 saturated heterocycles. The Kier molecular flexibility index (Phi) is 2.48. The van der Waals surface area contributed by atoms with Gasteiger partial charge in [-0.15, -0.1) is 0 Å². The molecule has 0 N–H and O–H groups in total. The highest BCUT2D eigenvalue weighted by atomic mass is 16.1. The number of nitrogens with zero attached hydrogens (tertiary/aromatic N) is 2. The van der Waals surface area contributed by atoms with Crippen LogP contribution < -0.4 is 0 Å². The van der Waals surface area contributed by atoms with Crippen LogP contribution >= 0.6 is 0 Å². The van der Waals surface area contributed by atoms with Gasteiger partial charge in [0, 0.05) is 24.2 Å². The van der Waals surface area contributed by atoms with Crippen LogP contribution in [0, 0.1) is 5.92 Å². The standard InChI is InChI=1S/C11H14N2O/c1-2-13-8-9(7-12-13)3-6-11(14)10-4-5-10/h3,6-8,10H,2,4-5H2,1H3/b6-3+. The molecule has 1 aromatic heterocycles. The van der Waals surface area contributed by atoms with Gasteiger partial charge in [-0.05, 0) is 31.9 Å². The zero-order valence-corrected chi connectivity index (χ0v) is 8.31. The molecule has 0 amide bonds. The Labute approximate surface area is 83.4 Å². The molecule has 1 aliphatic rings. The molecule has 14 heavy (non-hydrogen) atoms. The molecule has 0 atom stereocenters. The fraction of sp³-hybridized carbons (Fsp3) is 0.455. The van der Waals surface area contributed by atoms with Crippen LogP contribution in [-0.4, -0.2) is 15.6 Å². The second kappa shape index (κ2) is 3.78. The minimum absolute atomic E-state index is 0.259. The molecule has 0 aromatic carbocycles. The van der Waals surface area contributed by atoms with Crippen molar-refractivity contribution in [3.63, 3.8) is 0 Å². The summed E-state index contributed by atoms with van der Waals surface area (Å²) in [6.45, 7) is 2.90. The van der Waals surface area contributed by atoms with Crippen molar-refractivity contribution in [3.8, 4) is 0 Å². The van der Waals surface area contributed by atoms with E-state index in [0.717, 1.165) is 24.9 Å². The number of hydrogen-bond acceptors (Lipinski definition) is 2. The van der Waals surface area contributed by atoms with E-state index in [9.17, 15) is 4.79 Å². The summed E-state index contributed by atoms with van der Waals surface area (Å²) in [5.74, 6) is 0.571. The quantitative estimate of drug-likeness (QED) is 0.679. The van der Waals surface area contributed by atoms with E-state index in [1.54, 1.807) is 12.3 Å². The molecular formula is C11H14N2O. The minimum Gasteiger partial charge on any atom is -0.295 e. The third kappa shape index (κ3) is 2.10. The maximum Gasteiger partial charge on any atom is 0.158 e. The van der Waals surface area contributed by atoms with Crippen molar-refractivity contribution in [1.82, 2.24) is 9.78 Å². The molecule has 1 fully saturated rings. The largest absolute Gasteiger partial charge is 0.295 e. The highest BCUT2D eigenvalue weighted by Gasteiger charge is 2.27. The SMILES string of the molecule is CCn1cc(/C=C/C(=O)C2CC2)cn1. The van der Waals surface area contributed by atoms with Gasteiger partial charge in [-0.3, -0.25) is 9.48 Å². The monoisotopic (exact) mass is 190 g/mol. The third-order valence-corrected chi connectivity index (χ3v) is 2.40. The smallest absolute Gasteiger partial charge is 0.158 e. The minimum atomic E-state index is 0.259. The van der Waals surface area contributed by atoms with E-state index in [4.69, 9.17) is 0 Å². The van der Waals surface area contributed by atoms with Gasteiger partial charge < -0.3 is 0 Å². The maximum absolute atomic E-state index is 11.3. The Bertz CT molecular complexity index is 361. The normalized spacial score (nSPS) is 16.4. The molecule has 1 heterocycles. The summed E-state index contributed by atoms with van der Waals surface area (Å²) in [5, 5.41) is 4.13. The van der Waals surface area contributed by atoms with Gasteiger partial charge in [0.05, 0.1) is 6.20 Å². The molecule has 1 aliphatic carbocycles. The third-order valence-electron chi connectivity index (χ3n) is 2.40. The van der Waals surface area contributed by atoms with Gasteiger partial charge in [0.1, 0.15) is 0 Å². The molecule has 74 valence electrons. The van der Waals surface area contributed by atoms with Crippen molar-refractivity contribution < 1.29 is 4.79 Å². The number of aromatic nitrogens is 2. The lowest BCUT2D eigenvalue weighted by Crippen LogP contribution is -1.93. The zero-order chi connectivity index (χ0) is 9.97. The lowest BCUT2D eigenvalue weighted by atomic mass is 10.2. The summed E-state index contributed by atoms with van der Waals surface area (Å²) in [7, 11) is 0. The average molecular weight is 190 g/mol. The molecular weight excluding hydrogens is 176 g/mol. The molecule has 0 radical (unpaired) electrons. The number of aryl methyl sites for hydroxylation is 1. The number of hydrogen-bond donors (Lipinski definition) is 0. The van der Waals surface area contributed by atoms with Crippen molar-refractivity contribution in [2.45, 2.75) is 26.3 Å². The fourth-order valence-electron chi connectivity index (χ4n) is 1.32. The number of allylic oxidation sites excluding steroid dienone is 1. The van der Waals surface area contributed by atoms with Gasteiger partial charge in [-0.25, -0.2) is 0 Å². The first-order valence-electron chi connectivity index (χ1n) is 5.04. The zero-order valence-electron chi connectivity index (χ0n) is 8.31. The van der Waals surface area contributed by atoms with E-state index < -0.39 is 0 Å². The van der Waals surface area contributed by atoms with Crippen LogP contribution in [0.1, 0.15) is 25.3 Å². The van der Waals surface area contributed by atoms with Crippen molar-refractivity contribution in [2.24, 2.45) is 5.92 Å². The molecule has 1 saturated carbocycles. The molecule has 0 unspecified atom stereocenters. The highest BCUT2D eigenvalue weighted by molar-refractivity contribution is 5.96. The topological polar surface area (TPSA) is 34.9 Å². The number of rotatable bonds is 4. The molecule has 1 aromatic rings. The lowest BCUT2D eigenvalue weighted by Gasteiger charge is -1.89. The van der Waals surface area contributed by atoms with E-state index in [-0.39, 0.29) is 5.78 Å². The van der Waals surface area contributed by atoms with Crippen LogP contribution in [0.15, 0.2) is 18.5 Å². The predicted octanol–water partition coefficient (Wildman–Crippen LogP) is 1.90. The van der Waals surface area contributed by atoms with Crippen LogP contribution in [0.25, 0.3) is 6.08 Å². The summed E-state index contributed by atoms with van der Waals surface area (Å²) < 4.78 is 1.85. The Morgan fingerprint density at radius 2 is 2.50 bits per heavy atom. The second-order valence-corrected chi connectivity index (χ2v) is 3.64. The Balaban J connectivity index is 1.98. The molecule has 0 aliphatic heterocycles. The fourth-order valence-corrected chi connectivity index (χ4v) is 1.32. The van der Waals surface area contributed by atoms with Crippen LogP contribution in [0.3, 0.4) is 0 Å². The summed E-state index contributed by atoms with van der Waals surface area (Å²) >= 11 is 0. The first kappa shape index (κ1) is 9.19. The van der Waals surface area contributed by atoms with Crippen LogP contribution in [0.2, 0.25) is 0 Å². The molecule has 2 rings (SSSR count). The van der Waals surface area contributed by atoms with E-state index in [2.05, 4.69) is 5.10 Å². The summed E-state index contributed by atoms with van der Waals surface area (Å²) in [6.07, 6.45) is 9.38. The van der Waals surface area contributed by atoms with Crippen LogP contribution in [0.5, 0.6) is 0 Å². The van der Waals surface area contributed by atoms with E-state index in [0.29, 0.717) is 5.92 Å². The number of ketones is 1. The van der Waals surface area contributed by atoms with Gasteiger partial charge in [0.25, 0.3) is 0 Å². The molecule has 3 heteroatoms. The molecule has 0 bridgehead atoms. The van der Waals surface area contributed by atoms with Crippen LogP contribution in [0.4, 0.5) is 0 Å². The first-order valence-corrected chi connectivity index (χ1v) is 5.04. The Hall–Kier alpha value is -1.38. The van der Waals surface area contributed by atoms with Crippen molar-refractivity contribution in [1.29, 1.82) is 0 Å². The Morgan fingerprint density at radius 3 is 3.07 bits per heavy atom. The van der Waals surface area contributed by atoms with Gasteiger partial charge in [0.15, 0.2) is 5.78 Å². The van der Waals surface area contributed by atoms with Crippen molar-refractivity contribution in [3.05, 3.63) is 24.0 Å². The van der Waals surface area contributed by atoms with Crippen molar-refractivity contribution >= 4 is 11.9 Å². The number of carbonyl (C=O) groups excluding carboxylic acids is 1. The average Bonchev–Trinajstić information content (AvgIpc) is 2.94. The van der Waals surface area contributed by atoms with Gasteiger partial charge in [0.2, 0.25) is 0 Å². The summed E-state index contributed by atoms with van der Waals surface area (Å²) in [5.41, 5.74) is 1.00. The predicted molar refractivity (Wildman–Crippen MR) is 54.7 cm³/mol. The second-order valence-electron chi connectivity index (χ2n) is 3.64. The summed E-state index contributed by atoms with van der Waals surface area (Å²) in [6, 6.07) is 0. The van der Waals surface area contributed by atoms with Crippen LogP contribution in [-0.2, 0) is 11.3 Å². The highest BCUT2D eigenvalue weighted by Crippen LogP contribution is 2.30.